The van der Waals surface area contributed by atoms with Crippen LogP contribution in [0.5, 0.6) is 0 Å². The van der Waals surface area contributed by atoms with Crippen molar-refractivity contribution in [2.24, 2.45) is 0 Å². The van der Waals surface area contributed by atoms with Crippen molar-refractivity contribution in [3.05, 3.63) is 29.8 Å². The normalized spacial score (nSPS) is 20.5. The van der Waals surface area contributed by atoms with E-state index in [0.717, 1.165) is 6.54 Å². The van der Waals surface area contributed by atoms with Gasteiger partial charge in [-0.25, -0.2) is 0 Å². The van der Waals surface area contributed by atoms with Crippen LogP contribution in [0, 0.1) is 0 Å². The molecule has 0 amide bonds. The summed E-state index contributed by atoms with van der Waals surface area (Å²) < 4.78 is 0. The Balaban J connectivity index is 1.97. The standard InChI is InChI=1S/C16H26N2S/c1-4-10-17-13(2)14-5-7-15(8-6-14)18(3)16-9-11-19-12-16/h5-8,13,16-17H,4,9-12H2,1-3H3. The summed E-state index contributed by atoms with van der Waals surface area (Å²) in [5.41, 5.74) is 2.73. The highest BCUT2D eigenvalue weighted by atomic mass is 32.2. The second-order valence-corrected chi connectivity index (χ2v) is 6.55. The second-order valence-electron chi connectivity index (χ2n) is 5.40. The molecule has 1 aromatic rings. The molecule has 2 nitrogen and oxygen atoms in total. The SMILES string of the molecule is CCCNC(C)c1ccc(N(C)C2CCSC2)cc1. The van der Waals surface area contributed by atoms with E-state index in [1.54, 1.807) is 0 Å². The summed E-state index contributed by atoms with van der Waals surface area (Å²) in [6, 6.07) is 10.2. The highest BCUT2D eigenvalue weighted by Crippen LogP contribution is 2.26. The molecule has 0 saturated carbocycles. The van der Waals surface area contributed by atoms with Crippen molar-refractivity contribution < 1.29 is 0 Å². The van der Waals surface area contributed by atoms with E-state index in [-0.39, 0.29) is 0 Å². The Morgan fingerprint density at radius 2 is 2.11 bits per heavy atom. The minimum Gasteiger partial charge on any atom is -0.371 e. The fourth-order valence-corrected chi connectivity index (χ4v) is 3.78. The fraction of sp³-hybridized carbons (Fsp3) is 0.625. The van der Waals surface area contributed by atoms with E-state index in [0.29, 0.717) is 12.1 Å². The minimum absolute atomic E-state index is 0.446. The van der Waals surface area contributed by atoms with Crippen LogP contribution < -0.4 is 10.2 Å². The van der Waals surface area contributed by atoms with Gasteiger partial charge < -0.3 is 10.2 Å². The smallest absolute Gasteiger partial charge is 0.0385 e. The number of rotatable bonds is 6. The van der Waals surface area contributed by atoms with Crippen molar-refractivity contribution in [1.82, 2.24) is 5.32 Å². The van der Waals surface area contributed by atoms with E-state index in [1.807, 2.05) is 0 Å². The summed E-state index contributed by atoms with van der Waals surface area (Å²) in [7, 11) is 2.23. The molecule has 0 radical (unpaired) electrons. The van der Waals surface area contributed by atoms with Crippen molar-refractivity contribution in [2.45, 2.75) is 38.8 Å². The lowest BCUT2D eigenvalue weighted by Crippen LogP contribution is -2.31. The van der Waals surface area contributed by atoms with Gasteiger partial charge in [0.25, 0.3) is 0 Å². The molecule has 0 bridgehead atoms. The van der Waals surface area contributed by atoms with Crippen molar-refractivity contribution in [1.29, 1.82) is 0 Å². The van der Waals surface area contributed by atoms with Gasteiger partial charge in [-0.05, 0) is 49.8 Å². The third-order valence-electron chi connectivity index (χ3n) is 3.95. The van der Waals surface area contributed by atoms with E-state index in [1.165, 1.54) is 35.6 Å². The highest BCUT2D eigenvalue weighted by molar-refractivity contribution is 7.99. The van der Waals surface area contributed by atoms with Crippen LogP contribution in [0.15, 0.2) is 24.3 Å². The summed E-state index contributed by atoms with van der Waals surface area (Å²) in [4.78, 5) is 2.44. The molecule has 2 rings (SSSR count). The van der Waals surface area contributed by atoms with E-state index < -0.39 is 0 Å². The number of benzene rings is 1. The molecule has 1 fully saturated rings. The monoisotopic (exact) mass is 278 g/mol. The number of nitrogens with zero attached hydrogens (tertiary/aromatic N) is 1. The maximum Gasteiger partial charge on any atom is 0.0385 e. The van der Waals surface area contributed by atoms with Gasteiger partial charge in [0, 0.05) is 30.6 Å². The maximum atomic E-state index is 3.54. The number of hydrogen-bond donors (Lipinski definition) is 1. The molecule has 2 atom stereocenters. The molecule has 1 N–H and O–H groups in total. The van der Waals surface area contributed by atoms with Crippen LogP contribution in [-0.4, -0.2) is 31.1 Å². The summed E-state index contributed by atoms with van der Waals surface area (Å²) in [5, 5.41) is 3.54. The largest absolute Gasteiger partial charge is 0.371 e. The number of nitrogens with one attached hydrogen (secondary N) is 1. The number of thioether (sulfide) groups is 1. The second kappa shape index (κ2) is 7.20. The predicted octanol–water partition coefficient (Wildman–Crippen LogP) is 3.69. The summed E-state index contributed by atoms with van der Waals surface area (Å²) in [6.07, 6.45) is 2.50. The molecule has 1 saturated heterocycles. The van der Waals surface area contributed by atoms with Gasteiger partial charge in [-0.15, -0.1) is 0 Å². The summed E-state index contributed by atoms with van der Waals surface area (Å²) in [6.45, 7) is 5.53. The molecule has 19 heavy (non-hydrogen) atoms. The van der Waals surface area contributed by atoms with Gasteiger partial charge in [-0.2, -0.15) is 11.8 Å². The Labute approximate surface area is 122 Å². The molecule has 1 aliphatic rings. The van der Waals surface area contributed by atoms with Crippen LogP contribution in [0.2, 0.25) is 0 Å². The Morgan fingerprint density at radius 1 is 1.37 bits per heavy atom. The molecule has 106 valence electrons. The lowest BCUT2D eigenvalue weighted by molar-refractivity contribution is 0.570. The lowest BCUT2D eigenvalue weighted by Gasteiger charge is -2.26. The molecule has 2 unspecified atom stereocenters. The number of anilines is 1. The molecular weight excluding hydrogens is 252 g/mol. The quantitative estimate of drug-likeness (QED) is 0.854. The highest BCUT2D eigenvalue weighted by Gasteiger charge is 2.20. The minimum atomic E-state index is 0.446. The van der Waals surface area contributed by atoms with Crippen LogP contribution in [0.4, 0.5) is 5.69 Å². The first-order valence-corrected chi connectivity index (χ1v) is 8.51. The zero-order valence-corrected chi connectivity index (χ0v) is 13.2. The molecule has 1 heterocycles. The first-order valence-electron chi connectivity index (χ1n) is 7.36. The van der Waals surface area contributed by atoms with Gasteiger partial charge in [-0.3, -0.25) is 0 Å². The van der Waals surface area contributed by atoms with Crippen molar-refractivity contribution in [3.8, 4) is 0 Å². The van der Waals surface area contributed by atoms with Crippen molar-refractivity contribution in [2.75, 3.05) is 30.0 Å². The molecule has 0 aliphatic carbocycles. The predicted molar refractivity (Wildman–Crippen MR) is 87.3 cm³/mol. The van der Waals surface area contributed by atoms with Gasteiger partial charge in [0.2, 0.25) is 0 Å². The summed E-state index contributed by atoms with van der Waals surface area (Å²) in [5.74, 6) is 2.58. The van der Waals surface area contributed by atoms with Crippen molar-refractivity contribution in [3.63, 3.8) is 0 Å². The number of hydrogen-bond acceptors (Lipinski definition) is 3. The molecule has 0 spiro atoms. The third-order valence-corrected chi connectivity index (χ3v) is 5.10. The van der Waals surface area contributed by atoms with Gasteiger partial charge in [0.05, 0.1) is 0 Å². The van der Waals surface area contributed by atoms with Gasteiger partial charge in [-0.1, -0.05) is 19.1 Å². The first kappa shape index (κ1) is 14.7. The van der Waals surface area contributed by atoms with Crippen LogP contribution in [0.3, 0.4) is 0 Å². The topological polar surface area (TPSA) is 15.3 Å². The molecule has 0 aromatic heterocycles. The molecular formula is C16H26N2S. The Hall–Kier alpha value is -0.670. The average molecular weight is 278 g/mol. The van der Waals surface area contributed by atoms with Gasteiger partial charge in [0.1, 0.15) is 0 Å². The van der Waals surface area contributed by atoms with Gasteiger partial charge in [0.15, 0.2) is 0 Å². The fourth-order valence-electron chi connectivity index (χ4n) is 2.52. The lowest BCUT2D eigenvalue weighted by atomic mass is 10.1. The van der Waals surface area contributed by atoms with E-state index >= 15 is 0 Å². The van der Waals surface area contributed by atoms with E-state index in [2.05, 4.69) is 67.1 Å². The van der Waals surface area contributed by atoms with Gasteiger partial charge >= 0.3 is 0 Å². The van der Waals surface area contributed by atoms with Crippen LogP contribution >= 0.6 is 11.8 Å². The van der Waals surface area contributed by atoms with Crippen LogP contribution in [0.25, 0.3) is 0 Å². The summed E-state index contributed by atoms with van der Waals surface area (Å²) >= 11 is 2.07. The Morgan fingerprint density at radius 3 is 2.68 bits per heavy atom. The maximum absolute atomic E-state index is 3.54. The average Bonchev–Trinajstić information content (AvgIpc) is 2.98. The zero-order chi connectivity index (χ0) is 13.7. The van der Waals surface area contributed by atoms with Crippen LogP contribution in [-0.2, 0) is 0 Å². The van der Waals surface area contributed by atoms with E-state index in [4.69, 9.17) is 0 Å². The molecule has 1 aromatic carbocycles. The molecule has 3 heteroatoms. The van der Waals surface area contributed by atoms with Crippen LogP contribution in [0.1, 0.15) is 38.3 Å². The Kier molecular flexibility index (Phi) is 5.59. The third kappa shape index (κ3) is 3.90. The van der Waals surface area contributed by atoms with E-state index in [9.17, 15) is 0 Å². The Bertz CT molecular complexity index is 371. The first-order chi connectivity index (χ1) is 9.22. The molecule has 1 aliphatic heterocycles. The van der Waals surface area contributed by atoms with Crippen molar-refractivity contribution >= 4 is 17.4 Å². The zero-order valence-electron chi connectivity index (χ0n) is 12.4.